The lowest BCUT2D eigenvalue weighted by molar-refractivity contribution is -0.274. The van der Waals surface area contributed by atoms with Crippen molar-refractivity contribution < 1.29 is 37.3 Å². The Morgan fingerprint density at radius 2 is 1.53 bits per heavy atom. The maximum Gasteiger partial charge on any atom is 0.573 e. The highest BCUT2D eigenvalue weighted by Gasteiger charge is 2.33. The first kappa shape index (κ1) is 21.2. The zero-order chi connectivity index (χ0) is 22.9. The van der Waals surface area contributed by atoms with Crippen LogP contribution in [0.1, 0.15) is 27.4 Å². The first-order valence-electron chi connectivity index (χ1n) is 9.48. The van der Waals surface area contributed by atoms with Crippen molar-refractivity contribution in [2.45, 2.75) is 12.3 Å². The van der Waals surface area contributed by atoms with E-state index in [0.29, 0.717) is 0 Å². The lowest BCUT2D eigenvalue weighted by Gasteiger charge is -2.15. The van der Waals surface area contributed by atoms with Gasteiger partial charge in [-0.05, 0) is 40.5 Å². The molecule has 0 bridgehead atoms. The molecular weight excluding hydrogens is 427 g/mol. The van der Waals surface area contributed by atoms with Gasteiger partial charge in [0.15, 0.2) is 0 Å². The van der Waals surface area contributed by atoms with Gasteiger partial charge in [-0.1, -0.05) is 48.5 Å². The van der Waals surface area contributed by atoms with Crippen molar-refractivity contribution in [2.75, 3.05) is 11.9 Å². The molecule has 0 atom stereocenters. The van der Waals surface area contributed by atoms with Gasteiger partial charge in [-0.15, -0.1) is 13.2 Å². The largest absolute Gasteiger partial charge is 0.573 e. The van der Waals surface area contributed by atoms with E-state index < -0.39 is 29.7 Å². The molecule has 3 aromatic carbocycles. The Hall–Kier alpha value is -4.01. The standard InChI is InChI=1S/C23H16F3NO5/c24-23(25,26)32-20-10-9-13(11-18(20)21(28)29)27-22(30)31-12-19-16-7-3-1-5-14(16)15-6-2-4-8-17(15)19/h1-11,19H,12H2,(H,27,30)(H,28,29). The Labute approximate surface area is 180 Å². The second-order valence-corrected chi connectivity index (χ2v) is 7.01. The first-order chi connectivity index (χ1) is 15.2. The molecule has 4 rings (SSSR count). The van der Waals surface area contributed by atoms with Crippen molar-refractivity contribution >= 4 is 17.7 Å². The molecule has 6 nitrogen and oxygen atoms in total. The lowest BCUT2D eigenvalue weighted by atomic mass is 9.98. The number of amides is 1. The summed E-state index contributed by atoms with van der Waals surface area (Å²) < 4.78 is 46.4. The number of carbonyl (C=O) groups excluding carboxylic acids is 1. The number of aromatic carboxylic acids is 1. The van der Waals surface area contributed by atoms with Gasteiger partial charge in [0.25, 0.3) is 0 Å². The molecular formula is C23H16F3NO5. The maximum absolute atomic E-state index is 12.4. The van der Waals surface area contributed by atoms with Gasteiger partial charge in [0.05, 0.1) is 0 Å². The van der Waals surface area contributed by atoms with Gasteiger partial charge in [-0.25, -0.2) is 9.59 Å². The van der Waals surface area contributed by atoms with Crippen LogP contribution in [0.4, 0.5) is 23.7 Å². The van der Waals surface area contributed by atoms with E-state index in [1.165, 1.54) is 0 Å². The predicted octanol–water partition coefficient (Wildman–Crippen LogP) is 5.64. The molecule has 3 aromatic rings. The lowest BCUT2D eigenvalue weighted by Crippen LogP contribution is -2.20. The first-order valence-corrected chi connectivity index (χ1v) is 9.48. The third-order valence-corrected chi connectivity index (χ3v) is 5.03. The molecule has 164 valence electrons. The molecule has 0 heterocycles. The molecule has 1 amide bonds. The second kappa shape index (κ2) is 8.26. The van der Waals surface area contributed by atoms with E-state index in [1.807, 2.05) is 48.5 Å². The van der Waals surface area contributed by atoms with Crippen LogP contribution in [0.25, 0.3) is 11.1 Å². The van der Waals surface area contributed by atoms with Crippen molar-refractivity contribution in [1.82, 2.24) is 0 Å². The number of anilines is 1. The molecule has 1 aliphatic carbocycles. The Balaban J connectivity index is 1.47. The molecule has 0 spiro atoms. The molecule has 0 fully saturated rings. The Kier molecular flexibility index (Phi) is 5.48. The minimum absolute atomic E-state index is 0.0287. The van der Waals surface area contributed by atoms with Crippen LogP contribution < -0.4 is 10.1 Å². The summed E-state index contributed by atoms with van der Waals surface area (Å²) in [6.45, 7) is 0.0287. The van der Waals surface area contributed by atoms with Crippen LogP contribution in [0.3, 0.4) is 0 Å². The zero-order valence-electron chi connectivity index (χ0n) is 16.3. The number of benzene rings is 3. The number of alkyl halides is 3. The smallest absolute Gasteiger partial charge is 0.478 e. The number of carbonyl (C=O) groups is 2. The van der Waals surface area contributed by atoms with Crippen LogP contribution in [0.2, 0.25) is 0 Å². The predicted molar refractivity (Wildman–Crippen MR) is 109 cm³/mol. The van der Waals surface area contributed by atoms with Crippen LogP contribution in [-0.4, -0.2) is 30.1 Å². The highest BCUT2D eigenvalue weighted by Crippen LogP contribution is 2.44. The van der Waals surface area contributed by atoms with Crippen LogP contribution in [0.5, 0.6) is 5.75 Å². The summed E-state index contributed by atoms with van der Waals surface area (Å²) in [5.41, 5.74) is 3.35. The number of rotatable bonds is 5. The molecule has 0 aliphatic heterocycles. The van der Waals surface area contributed by atoms with Crippen molar-refractivity contribution in [2.24, 2.45) is 0 Å². The zero-order valence-corrected chi connectivity index (χ0v) is 16.3. The molecule has 0 unspecified atom stereocenters. The van der Waals surface area contributed by atoms with E-state index in [4.69, 9.17) is 9.84 Å². The van der Waals surface area contributed by atoms with Gasteiger partial charge in [0, 0.05) is 11.6 Å². The summed E-state index contributed by atoms with van der Waals surface area (Å²) in [6.07, 6.45) is -5.92. The van der Waals surface area contributed by atoms with Gasteiger partial charge in [-0.3, -0.25) is 5.32 Å². The summed E-state index contributed by atoms with van der Waals surface area (Å²) in [5, 5.41) is 11.5. The fraction of sp³-hybridized carbons (Fsp3) is 0.130. The summed E-state index contributed by atoms with van der Waals surface area (Å²) in [6, 6.07) is 18.3. The van der Waals surface area contributed by atoms with E-state index in [2.05, 4.69) is 10.1 Å². The number of hydrogen-bond acceptors (Lipinski definition) is 4. The Bertz CT molecular complexity index is 1150. The molecule has 32 heavy (non-hydrogen) atoms. The van der Waals surface area contributed by atoms with Crippen molar-refractivity contribution in [3.8, 4) is 16.9 Å². The number of carboxylic acids is 1. The third-order valence-electron chi connectivity index (χ3n) is 5.03. The topological polar surface area (TPSA) is 84.9 Å². The SMILES string of the molecule is O=C(Nc1ccc(OC(F)(F)F)c(C(=O)O)c1)OCC1c2ccccc2-c2ccccc21. The number of nitrogens with one attached hydrogen (secondary N) is 1. The fourth-order valence-electron chi connectivity index (χ4n) is 3.74. The highest BCUT2D eigenvalue weighted by molar-refractivity contribution is 5.94. The number of ether oxygens (including phenoxy) is 2. The summed E-state index contributed by atoms with van der Waals surface area (Å²) in [7, 11) is 0. The Morgan fingerprint density at radius 3 is 2.09 bits per heavy atom. The van der Waals surface area contributed by atoms with Gasteiger partial charge in [0.2, 0.25) is 0 Å². The van der Waals surface area contributed by atoms with Crippen molar-refractivity contribution in [1.29, 1.82) is 0 Å². The molecule has 0 saturated heterocycles. The molecule has 1 aliphatic rings. The maximum atomic E-state index is 12.4. The van der Waals surface area contributed by atoms with Gasteiger partial charge < -0.3 is 14.6 Å². The van der Waals surface area contributed by atoms with E-state index in [9.17, 15) is 22.8 Å². The van der Waals surface area contributed by atoms with Crippen molar-refractivity contribution in [3.63, 3.8) is 0 Å². The molecule has 0 aromatic heterocycles. The second-order valence-electron chi connectivity index (χ2n) is 7.01. The van der Waals surface area contributed by atoms with Crippen LogP contribution in [-0.2, 0) is 4.74 Å². The summed E-state index contributed by atoms with van der Waals surface area (Å²) in [4.78, 5) is 23.6. The van der Waals surface area contributed by atoms with Gasteiger partial charge in [-0.2, -0.15) is 0 Å². The minimum atomic E-state index is -5.05. The minimum Gasteiger partial charge on any atom is -0.478 e. The van der Waals surface area contributed by atoms with E-state index in [1.54, 1.807) is 0 Å². The number of fused-ring (bicyclic) bond motifs is 3. The number of halogens is 3. The molecule has 0 saturated carbocycles. The number of carboxylic acid groups (broad SMARTS) is 1. The van der Waals surface area contributed by atoms with E-state index in [0.717, 1.165) is 40.5 Å². The van der Waals surface area contributed by atoms with Gasteiger partial charge >= 0.3 is 18.4 Å². The molecule has 0 radical (unpaired) electrons. The molecule has 2 N–H and O–H groups in total. The van der Waals surface area contributed by atoms with Crippen LogP contribution >= 0.6 is 0 Å². The summed E-state index contributed by atoms with van der Waals surface area (Å²) >= 11 is 0. The van der Waals surface area contributed by atoms with E-state index >= 15 is 0 Å². The average Bonchev–Trinajstić information content (AvgIpc) is 3.06. The normalized spacial score (nSPS) is 12.6. The fourth-order valence-corrected chi connectivity index (χ4v) is 3.74. The number of hydrogen-bond donors (Lipinski definition) is 2. The monoisotopic (exact) mass is 443 g/mol. The van der Waals surface area contributed by atoms with Crippen LogP contribution in [0, 0.1) is 0 Å². The summed E-state index contributed by atoms with van der Waals surface area (Å²) in [5.74, 6) is -2.70. The molecule has 9 heteroatoms. The highest BCUT2D eigenvalue weighted by atomic mass is 19.4. The van der Waals surface area contributed by atoms with Crippen LogP contribution in [0.15, 0.2) is 66.7 Å². The van der Waals surface area contributed by atoms with E-state index in [-0.39, 0.29) is 18.2 Å². The van der Waals surface area contributed by atoms with Crippen molar-refractivity contribution in [3.05, 3.63) is 83.4 Å². The third kappa shape index (κ3) is 4.36. The Morgan fingerprint density at radius 1 is 0.938 bits per heavy atom. The quantitative estimate of drug-likeness (QED) is 0.533. The van der Waals surface area contributed by atoms with Gasteiger partial charge in [0.1, 0.15) is 17.9 Å². The average molecular weight is 443 g/mol.